The summed E-state index contributed by atoms with van der Waals surface area (Å²) in [4.78, 5) is 0. The SMILES string of the molecule is CCCC1CCCC(N)(c2cccc3ccccc23)CC1. The fourth-order valence-electron chi connectivity index (χ4n) is 4.06. The van der Waals surface area contributed by atoms with Crippen LogP contribution in [0, 0.1) is 5.92 Å². The van der Waals surface area contributed by atoms with Crippen molar-refractivity contribution in [3.05, 3.63) is 48.0 Å². The van der Waals surface area contributed by atoms with Gasteiger partial charge in [-0.25, -0.2) is 0 Å². The van der Waals surface area contributed by atoms with Gasteiger partial charge in [0.2, 0.25) is 0 Å². The first-order valence-electron chi connectivity index (χ1n) is 8.50. The lowest BCUT2D eigenvalue weighted by Gasteiger charge is -2.30. The Hall–Kier alpha value is -1.34. The van der Waals surface area contributed by atoms with E-state index in [1.54, 1.807) is 0 Å². The Morgan fingerprint density at radius 2 is 1.86 bits per heavy atom. The minimum Gasteiger partial charge on any atom is -0.321 e. The third-order valence-electron chi connectivity index (χ3n) is 5.26. The first kappa shape index (κ1) is 14.6. The van der Waals surface area contributed by atoms with E-state index < -0.39 is 0 Å². The van der Waals surface area contributed by atoms with Gasteiger partial charge in [-0.3, -0.25) is 0 Å². The molecule has 1 saturated carbocycles. The second kappa shape index (κ2) is 6.19. The Morgan fingerprint density at radius 1 is 1.05 bits per heavy atom. The number of nitrogens with two attached hydrogens (primary N) is 1. The highest BCUT2D eigenvalue weighted by atomic mass is 14.7. The van der Waals surface area contributed by atoms with E-state index in [2.05, 4.69) is 49.4 Å². The molecule has 0 aliphatic heterocycles. The van der Waals surface area contributed by atoms with Gasteiger partial charge in [-0.1, -0.05) is 75.1 Å². The summed E-state index contributed by atoms with van der Waals surface area (Å²) in [6.07, 6.45) is 8.84. The van der Waals surface area contributed by atoms with Crippen LogP contribution in [-0.2, 0) is 5.54 Å². The molecule has 2 unspecified atom stereocenters. The van der Waals surface area contributed by atoms with Crippen molar-refractivity contribution in [1.29, 1.82) is 0 Å². The molecule has 21 heavy (non-hydrogen) atoms. The van der Waals surface area contributed by atoms with Gasteiger partial charge >= 0.3 is 0 Å². The minimum atomic E-state index is -0.136. The van der Waals surface area contributed by atoms with Gasteiger partial charge in [0.05, 0.1) is 0 Å². The molecule has 2 aromatic rings. The molecule has 0 aromatic heterocycles. The normalized spacial score (nSPS) is 26.7. The Morgan fingerprint density at radius 3 is 2.71 bits per heavy atom. The number of rotatable bonds is 3. The molecule has 0 amide bonds. The molecule has 1 aliphatic carbocycles. The molecule has 0 bridgehead atoms. The van der Waals surface area contributed by atoms with E-state index in [0.717, 1.165) is 18.8 Å². The van der Waals surface area contributed by atoms with Gasteiger partial charge in [-0.15, -0.1) is 0 Å². The fraction of sp³-hybridized carbons (Fsp3) is 0.500. The van der Waals surface area contributed by atoms with Crippen molar-refractivity contribution in [1.82, 2.24) is 0 Å². The maximum atomic E-state index is 6.90. The zero-order valence-electron chi connectivity index (χ0n) is 13.1. The summed E-state index contributed by atoms with van der Waals surface area (Å²) in [7, 11) is 0. The van der Waals surface area contributed by atoms with Crippen LogP contribution in [0.5, 0.6) is 0 Å². The summed E-state index contributed by atoms with van der Waals surface area (Å²) in [6, 6.07) is 15.3. The van der Waals surface area contributed by atoms with E-state index in [9.17, 15) is 0 Å². The zero-order valence-corrected chi connectivity index (χ0v) is 13.1. The van der Waals surface area contributed by atoms with Gasteiger partial charge in [0.25, 0.3) is 0 Å². The minimum absolute atomic E-state index is 0.136. The topological polar surface area (TPSA) is 26.0 Å². The predicted octanol–water partition coefficient (Wildman–Crippen LogP) is 5.37. The van der Waals surface area contributed by atoms with Crippen LogP contribution in [0.4, 0.5) is 0 Å². The second-order valence-corrected chi connectivity index (χ2v) is 6.77. The highest BCUT2D eigenvalue weighted by Crippen LogP contribution is 2.39. The third-order valence-corrected chi connectivity index (χ3v) is 5.26. The summed E-state index contributed by atoms with van der Waals surface area (Å²) >= 11 is 0. The summed E-state index contributed by atoms with van der Waals surface area (Å²) in [6.45, 7) is 2.30. The summed E-state index contributed by atoms with van der Waals surface area (Å²) in [5.41, 5.74) is 8.13. The lowest BCUT2D eigenvalue weighted by atomic mass is 9.81. The van der Waals surface area contributed by atoms with Crippen LogP contribution in [0.2, 0.25) is 0 Å². The van der Waals surface area contributed by atoms with E-state index >= 15 is 0 Å². The fourth-order valence-corrected chi connectivity index (χ4v) is 4.06. The van der Waals surface area contributed by atoms with Crippen LogP contribution in [0.25, 0.3) is 10.8 Å². The molecule has 0 saturated heterocycles. The number of fused-ring (bicyclic) bond motifs is 1. The molecule has 1 nitrogen and oxygen atoms in total. The van der Waals surface area contributed by atoms with E-state index in [0.29, 0.717) is 0 Å². The lowest BCUT2D eigenvalue weighted by molar-refractivity contribution is 0.369. The molecule has 2 aromatic carbocycles. The average Bonchev–Trinajstić information content (AvgIpc) is 2.70. The smallest absolute Gasteiger partial charge is 0.0415 e. The number of hydrogen-bond donors (Lipinski definition) is 1. The number of hydrogen-bond acceptors (Lipinski definition) is 1. The van der Waals surface area contributed by atoms with Crippen molar-refractivity contribution < 1.29 is 0 Å². The van der Waals surface area contributed by atoms with Crippen molar-refractivity contribution >= 4 is 10.8 Å². The van der Waals surface area contributed by atoms with Gasteiger partial charge in [0, 0.05) is 5.54 Å². The highest BCUT2D eigenvalue weighted by Gasteiger charge is 2.31. The molecule has 1 aliphatic rings. The average molecular weight is 281 g/mol. The molecule has 1 fully saturated rings. The first-order chi connectivity index (χ1) is 10.2. The molecule has 3 rings (SSSR count). The third kappa shape index (κ3) is 2.98. The molecule has 112 valence electrons. The van der Waals surface area contributed by atoms with Gasteiger partial charge in [-0.05, 0) is 41.5 Å². The van der Waals surface area contributed by atoms with Crippen LogP contribution in [0.1, 0.15) is 57.4 Å². The summed E-state index contributed by atoms with van der Waals surface area (Å²) < 4.78 is 0. The van der Waals surface area contributed by atoms with Crippen molar-refractivity contribution in [2.75, 3.05) is 0 Å². The molecular formula is C20H27N. The quantitative estimate of drug-likeness (QED) is 0.752. The van der Waals surface area contributed by atoms with Gasteiger partial charge in [0.1, 0.15) is 0 Å². The Balaban J connectivity index is 1.93. The predicted molar refractivity (Wildman–Crippen MR) is 91.3 cm³/mol. The summed E-state index contributed by atoms with van der Waals surface area (Å²) in [5.74, 6) is 0.885. The molecule has 2 atom stereocenters. The van der Waals surface area contributed by atoms with Crippen LogP contribution in [-0.4, -0.2) is 0 Å². The van der Waals surface area contributed by atoms with Crippen LogP contribution in [0.15, 0.2) is 42.5 Å². The number of benzene rings is 2. The Bertz CT molecular complexity index is 598. The largest absolute Gasteiger partial charge is 0.321 e. The van der Waals surface area contributed by atoms with E-state index in [-0.39, 0.29) is 5.54 Å². The summed E-state index contributed by atoms with van der Waals surface area (Å²) in [5, 5.41) is 2.66. The lowest BCUT2D eigenvalue weighted by Crippen LogP contribution is -2.36. The second-order valence-electron chi connectivity index (χ2n) is 6.77. The maximum absolute atomic E-state index is 6.90. The van der Waals surface area contributed by atoms with Gasteiger partial charge < -0.3 is 5.73 Å². The molecule has 0 spiro atoms. The van der Waals surface area contributed by atoms with Crippen molar-refractivity contribution in [2.24, 2.45) is 11.7 Å². The van der Waals surface area contributed by atoms with Crippen molar-refractivity contribution in [3.8, 4) is 0 Å². The van der Waals surface area contributed by atoms with Gasteiger partial charge in [-0.2, -0.15) is 0 Å². The van der Waals surface area contributed by atoms with Crippen LogP contribution < -0.4 is 5.73 Å². The Kier molecular flexibility index (Phi) is 4.30. The molecule has 2 N–H and O–H groups in total. The molecule has 0 radical (unpaired) electrons. The highest BCUT2D eigenvalue weighted by molar-refractivity contribution is 5.86. The monoisotopic (exact) mass is 281 g/mol. The van der Waals surface area contributed by atoms with E-state index in [1.165, 1.54) is 48.4 Å². The maximum Gasteiger partial charge on any atom is 0.0415 e. The molecule has 1 heteroatoms. The Labute approximate surface area is 128 Å². The van der Waals surface area contributed by atoms with Crippen molar-refractivity contribution in [2.45, 2.75) is 57.4 Å². The first-order valence-corrected chi connectivity index (χ1v) is 8.50. The van der Waals surface area contributed by atoms with Crippen molar-refractivity contribution in [3.63, 3.8) is 0 Å². The zero-order chi connectivity index (χ0) is 14.7. The van der Waals surface area contributed by atoms with Gasteiger partial charge in [0.15, 0.2) is 0 Å². The standard InChI is InChI=1S/C20H27N/c1-2-7-16-8-6-14-20(21,15-13-16)19-12-5-10-17-9-3-4-11-18(17)19/h3-5,9-12,16H,2,6-8,13-15,21H2,1H3. The van der Waals surface area contributed by atoms with Crippen LogP contribution in [0.3, 0.4) is 0 Å². The van der Waals surface area contributed by atoms with E-state index in [4.69, 9.17) is 5.73 Å². The molecule has 0 heterocycles. The molecular weight excluding hydrogens is 254 g/mol. The van der Waals surface area contributed by atoms with Crippen LogP contribution >= 0.6 is 0 Å². The van der Waals surface area contributed by atoms with E-state index in [1.807, 2.05) is 0 Å².